The highest BCUT2D eigenvalue weighted by Gasteiger charge is 2.15. The molecule has 0 bridgehead atoms. The fourth-order valence-electron chi connectivity index (χ4n) is 2.35. The van der Waals surface area contributed by atoms with Crippen molar-refractivity contribution in [1.82, 2.24) is 19.2 Å². The van der Waals surface area contributed by atoms with Crippen LogP contribution in [0.5, 0.6) is 0 Å². The van der Waals surface area contributed by atoms with Gasteiger partial charge in [0.25, 0.3) is 5.56 Å². The molecule has 0 unspecified atom stereocenters. The van der Waals surface area contributed by atoms with Crippen LogP contribution in [-0.4, -0.2) is 33.8 Å². The third-order valence-electron chi connectivity index (χ3n) is 3.68. The molecule has 0 N–H and O–H groups in total. The lowest BCUT2D eigenvalue weighted by Crippen LogP contribution is -2.26. The smallest absolute Gasteiger partial charge is 0.264 e. The molecule has 2 heterocycles. The highest BCUT2D eigenvalue weighted by molar-refractivity contribution is 6.76. The van der Waals surface area contributed by atoms with Crippen molar-refractivity contribution < 1.29 is 4.74 Å². The van der Waals surface area contributed by atoms with E-state index in [1.807, 2.05) is 0 Å². The Balaban J connectivity index is 1.99. The second kappa shape index (κ2) is 6.07. The van der Waals surface area contributed by atoms with Crippen molar-refractivity contribution in [3.05, 3.63) is 39.9 Å². The molecule has 23 heavy (non-hydrogen) atoms. The van der Waals surface area contributed by atoms with Crippen LogP contribution < -0.4 is 5.56 Å². The van der Waals surface area contributed by atoms with E-state index in [0.717, 1.165) is 6.04 Å². The molecule has 6 nitrogen and oxygen atoms in total. The van der Waals surface area contributed by atoms with Gasteiger partial charge in [0.15, 0.2) is 0 Å². The molecule has 0 atom stereocenters. The molecule has 0 saturated carbocycles. The second-order valence-corrected chi connectivity index (χ2v) is 12.8. The quantitative estimate of drug-likeness (QED) is 0.524. The van der Waals surface area contributed by atoms with Gasteiger partial charge in [0.2, 0.25) is 5.78 Å². The molecule has 0 aliphatic carbocycles. The molecule has 0 spiro atoms. The van der Waals surface area contributed by atoms with Crippen LogP contribution in [0.25, 0.3) is 16.7 Å². The molecular weight excluding hydrogens is 332 g/mol. The maximum Gasteiger partial charge on any atom is 0.264 e. The largest absolute Gasteiger partial charge is 0.361 e. The van der Waals surface area contributed by atoms with Crippen LogP contribution in [0.15, 0.2) is 29.3 Å². The minimum atomic E-state index is -1.16. The summed E-state index contributed by atoms with van der Waals surface area (Å²) in [5.41, 5.74) is 0.547. The van der Waals surface area contributed by atoms with Gasteiger partial charge in [-0.3, -0.25) is 13.8 Å². The molecule has 3 rings (SSSR count). The van der Waals surface area contributed by atoms with Gasteiger partial charge in [-0.15, -0.1) is 10.2 Å². The van der Waals surface area contributed by atoms with Gasteiger partial charge in [-0.2, -0.15) is 0 Å². The first-order chi connectivity index (χ1) is 10.9. The minimum absolute atomic E-state index is 0.148. The topological polar surface area (TPSA) is 61.4 Å². The number of nitrogens with zero attached hydrogens (tertiary/aromatic N) is 4. The van der Waals surface area contributed by atoms with Gasteiger partial charge in [-0.05, 0) is 24.2 Å². The predicted octanol–water partition coefficient (Wildman–Crippen LogP) is 3.01. The van der Waals surface area contributed by atoms with E-state index in [1.54, 1.807) is 28.9 Å². The molecule has 0 radical (unpaired) electrons. The van der Waals surface area contributed by atoms with Crippen LogP contribution in [0, 0.1) is 0 Å². The van der Waals surface area contributed by atoms with Crippen LogP contribution in [0.4, 0.5) is 0 Å². The van der Waals surface area contributed by atoms with E-state index >= 15 is 0 Å². The number of benzene rings is 1. The number of rotatable bonds is 5. The van der Waals surface area contributed by atoms with Crippen LogP contribution >= 0.6 is 11.6 Å². The van der Waals surface area contributed by atoms with Gasteiger partial charge in [0.05, 0.1) is 10.9 Å². The number of aromatic nitrogens is 4. The summed E-state index contributed by atoms with van der Waals surface area (Å²) in [6.45, 7) is 7.68. The van der Waals surface area contributed by atoms with E-state index in [2.05, 4.69) is 29.8 Å². The van der Waals surface area contributed by atoms with Gasteiger partial charge in [-0.1, -0.05) is 31.2 Å². The maximum atomic E-state index is 12.7. The summed E-state index contributed by atoms with van der Waals surface area (Å²) in [5.74, 6) is 0.456. The second-order valence-electron chi connectivity index (χ2n) is 6.74. The molecule has 8 heteroatoms. The van der Waals surface area contributed by atoms with Crippen molar-refractivity contribution in [3.63, 3.8) is 0 Å². The van der Waals surface area contributed by atoms with Crippen molar-refractivity contribution in [2.45, 2.75) is 32.4 Å². The van der Waals surface area contributed by atoms with E-state index in [0.29, 0.717) is 28.3 Å². The summed E-state index contributed by atoms with van der Waals surface area (Å²) in [6.07, 6.45) is 1.58. The monoisotopic (exact) mass is 350 g/mol. The van der Waals surface area contributed by atoms with Gasteiger partial charge in [0, 0.05) is 19.7 Å². The van der Waals surface area contributed by atoms with E-state index < -0.39 is 8.07 Å². The summed E-state index contributed by atoms with van der Waals surface area (Å²) < 4.78 is 8.98. The normalized spacial score (nSPS) is 12.3. The zero-order valence-corrected chi connectivity index (χ0v) is 15.2. The molecule has 0 amide bonds. The zero-order valence-electron chi connectivity index (χ0n) is 13.4. The molecule has 3 aromatic rings. The average Bonchev–Trinajstić information content (AvgIpc) is 2.94. The first-order valence-electron chi connectivity index (χ1n) is 7.46. The average molecular weight is 351 g/mol. The molecule has 1 aromatic carbocycles. The Labute approximate surface area is 139 Å². The third kappa shape index (κ3) is 3.31. The fraction of sp³-hybridized carbons (Fsp3) is 0.400. The lowest BCUT2D eigenvalue weighted by atomic mass is 10.2. The van der Waals surface area contributed by atoms with Crippen LogP contribution in [-0.2, 0) is 11.5 Å². The van der Waals surface area contributed by atoms with Crippen molar-refractivity contribution >= 4 is 36.4 Å². The van der Waals surface area contributed by atoms with Crippen LogP contribution in [0.2, 0.25) is 30.7 Å². The predicted molar refractivity (Wildman–Crippen MR) is 93.9 cm³/mol. The summed E-state index contributed by atoms with van der Waals surface area (Å²) >= 11 is 6.04. The number of fused-ring (bicyclic) bond motifs is 3. The fourth-order valence-corrected chi connectivity index (χ4v) is 3.28. The van der Waals surface area contributed by atoms with Crippen molar-refractivity contribution in [2.75, 3.05) is 6.61 Å². The lowest BCUT2D eigenvalue weighted by molar-refractivity contribution is 0.0871. The lowest BCUT2D eigenvalue weighted by Gasteiger charge is -2.16. The van der Waals surface area contributed by atoms with Crippen LogP contribution in [0.1, 0.15) is 0 Å². The van der Waals surface area contributed by atoms with Crippen molar-refractivity contribution in [3.8, 4) is 0 Å². The summed E-state index contributed by atoms with van der Waals surface area (Å²) in [5, 5.41) is 9.09. The molecule has 0 aliphatic heterocycles. The SMILES string of the molecule is C[Si](C)(C)CCOCn1c(=O)c2ccc(Cl)cc2n2cnnc12. The first-order valence-corrected chi connectivity index (χ1v) is 11.5. The standard InChI is InChI=1S/C15H19ClN4O2Si/c1-23(2,3)7-6-22-10-20-14(21)12-5-4-11(16)8-13(12)19-9-17-18-15(19)20/h4-5,8-9H,6-7,10H2,1-3H3. The van der Waals surface area contributed by atoms with E-state index in [4.69, 9.17) is 16.3 Å². The Morgan fingerprint density at radius 1 is 1.30 bits per heavy atom. The Hall–Kier alpha value is -1.70. The van der Waals surface area contributed by atoms with E-state index in [-0.39, 0.29) is 12.3 Å². The molecule has 2 aromatic heterocycles. The highest BCUT2D eigenvalue weighted by Crippen LogP contribution is 2.18. The number of ether oxygens (including phenoxy) is 1. The molecule has 122 valence electrons. The molecule has 0 saturated heterocycles. The summed E-state index contributed by atoms with van der Waals surface area (Å²) in [4.78, 5) is 12.7. The zero-order chi connectivity index (χ0) is 16.6. The van der Waals surface area contributed by atoms with Gasteiger partial charge >= 0.3 is 0 Å². The number of hydrogen-bond donors (Lipinski definition) is 0. The maximum absolute atomic E-state index is 12.7. The summed E-state index contributed by atoms with van der Waals surface area (Å²) in [7, 11) is -1.16. The Bertz CT molecular complexity index is 913. The van der Waals surface area contributed by atoms with Crippen molar-refractivity contribution in [1.29, 1.82) is 0 Å². The number of halogens is 1. The van der Waals surface area contributed by atoms with Crippen molar-refractivity contribution in [2.24, 2.45) is 0 Å². The van der Waals surface area contributed by atoms with Crippen LogP contribution in [0.3, 0.4) is 0 Å². The number of hydrogen-bond acceptors (Lipinski definition) is 4. The highest BCUT2D eigenvalue weighted by atomic mass is 35.5. The Kier molecular flexibility index (Phi) is 4.26. The van der Waals surface area contributed by atoms with Gasteiger partial charge in [0.1, 0.15) is 13.1 Å². The first kappa shape index (κ1) is 16.2. The van der Waals surface area contributed by atoms with E-state index in [1.165, 1.54) is 4.57 Å². The Morgan fingerprint density at radius 3 is 2.83 bits per heavy atom. The minimum Gasteiger partial charge on any atom is -0.361 e. The summed E-state index contributed by atoms with van der Waals surface area (Å²) in [6, 6.07) is 6.22. The Morgan fingerprint density at radius 2 is 2.09 bits per heavy atom. The van der Waals surface area contributed by atoms with Gasteiger partial charge in [-0.25, -0.2) is 0 Å². The van der Waals surface area contributed by atoms with E-state index in [9.17, 15) is 4.79 Å². The van der Waals surface area contributed by atoms with Gasteiger partial charge < -0.3 is 4.74 Å². The molecule has 0 fully saturated rings. The molecule has 0 aliphatic rings. The third-order valence-corrected chi connectivity index (χ3v) is 5.62. The molecular formula is C15H19ClN4O2Si.